The van der Waals surface area contributed by atoms with Crippen molar-refractivity contribution in [3.63, 3.8) is 0 Å². The zero-order chi connectivity index (χ0) is 13.2. The van der Waals surface area contributed by atoms with Gasteiger partial charge < -0.3 is 5.11 Å². The zero-order valence-electron chi connectivity index (χ0n) is 10.6. The maximum atomic E-state index is 12.1. The minimum atomic E-state index is -0.439. The van der Waals surface area contributed by atoms with Gasteiger partial charge in [0.25, 0.3) is 5.56 Å². The van der Waals surface area contributed by atoms with Crippen molar-refractivity contribution in [3.05, 3.63) is 27.5 Å². The standard InChI is InChI=1S/C12H17N3O2/c1-5-10(14(3)4)15-11(16)6-8(2)9(7-13)12(15)17/h6,10,16H,5H2,1-4H3. The molecule has 0 aliphatic rings. The van der Waals surface area contributed by atoms with Crippen LogP contribution < -0.4 is 5.56 Å². The molecule has 92 valence electrons. The first-order valence-corrected chi connectivity index (χ1v) is 5.45. The normalized spacial score (nSPS) is 12.5. The van der Waals surface area contributed by atoms with Crippen molar-refractivity contribution in [1.29, 1.82) is 5.26 Å². The van der Waals surface area contributed by atoms with Gasteiger partial charge in [-0.2, -0.15) is 5.26 Å². The average Bonchev–Trinajstić information content (AvgIpc) is 2.23. The summed E-state index contributed by atoms with van der Waals surface area (Å²) in [5.74, 6) is -0.105. The van der Waals surface area contributed by atoms with E-state index in [2.05, 4.69) is 0 Å². The molecule has 0 amide bonds. The first-order valence-electron chi connectivity index (χ1n) is 5.45. The fourth-order valence-corrected chi connectivity index (χ4v) is 1.93. The third kappa shape index (κ3) is 2.32. The van der Waals surface area contributed by atoms with Gasteiger partial charge >= 0.3 is 0 Å². The van der Waals surface area contributed by atoms with Crippen LogP contribution in [-0.4, -0.2) is 28.7 Å². The molecule has 0 spiro atoms. The van der Waals surface area contributed by atoms with Crippen molar-refractivity contribution in [1.82, 2.24) is 9.47 Å². The highest BCUT2D eigenvalue weighted by atomic mass is 16.3. The molecular formula is C12H17N3O2. The second-order valence-corrected chi connectivity index (χ2v) is 4.20. The zero-order valence-corrected chi connectivity index (χ0v) is 10.6. The van der Waals surface area contributed by atoms with E-state index in [1.54, 1.807) is 6.92 Å². The smallest absolute Gasteiger partial charge is 0.272 e. The largest absolute Gasteiger partial charge is 0.494 e. The second-order valence-electron chi connectivity index (χ2n) is 4.20. The average molecular weight is 235 g/mol. The van der Waals surface area contributed by atoms with Gasteiger partial charge in [-0.15, -0.1) is 0 Å². The lowest BCUT2D eigenvalue weighted by Gasteiger charge is -2.26. The van der Waals surface area contributed by atoms with Crippen molar-refractivity contribution >= 4 is 0 Å². The molecule has 1 unspecified atom stereocenters. The van der Waals surface area contributed by atoms with E-state index in [-0.39, 0.29) is 17.6 Å². The predicted octanol–water partition coefficient (Wildman–Crippen LogP) is 1.20. The quantitative estimate of drug-likeness (QED) is 0.854. The Hall–Kier alpha value is -1.80. The van der Waals surface area contributed by atoms with E-state index < -0.39 is 5.56 Å². The molecule has 0 saturated heterocycles. The molecule has 0 saturated carbocycles. The van der Waals surface area contributed by atoms with Crippen molar-refractivity contribution in [2.24, 2.45) is 0 Å². The highest BCUT2D eigenvalue weighted by Crippen LogP contribution is 2.20. The van der Waals surface area contributed by atoms with Crippen LogP contribution in [0.2, 0.25) is 0 Å². The highest BCUT2D eigenvalue weighted by molar-refractivity contribution is 5.38. The van der Waals surface area contributed by atoms with Crippen molar-refractivity contribution in [2.75, 3.05) is 14.1 Å². The van der Waals surface area contributed by atoms with Crippen LogP contribution in [0.1, 0.15) is 30.6 Å². The number of hydrogen-bond acceptors (Lipinski definition) is 4. The first-order chi connectivity index (χ1) is 7.93. The summed E-state index contributed by atoms with van der Waals surface area (Å²) in [5, 5.41) is 18.8. The SMILES string of the molecule is CCC(N(C)C)n1c(O)cc(C)c(C#N)c1=O. The molecular weight excluding hydrogens is 218 g/mol. The number of aromatic nitrogens is 1. The topological polar surface area (TPSA) is 69.3 Å². The Balaban J connectivity index is 3.55. The lowest BCUT2D eigenvalue weighted by Crippen LogP contribution is -2.34. The lowest BCUT2D eigenvalue weighted by molar-refractivity contribution is 0.188. The van der Waals surface area contributed by atoms with Gasteiger partial charge in [0.2, 0.25) is 0 Å². The Kier molecular flexibility index (Phi) is 3.92. The van der Waals surface area contributed by atoms with Gasteiger partial charge in [0.1, 0.15) is 11.6 Å². The van der Waals surface area contributed by atoms with E-state index in [9.17, 15) is 9.90 Å². The molecule has 5 heteroatoms. The predicted molar refractivity (Wildman–Crippen MR) is 64.8 cm³/mol. The molecule has 17 heavy (non-hydrogen) atoms. The van der Waals surface area contributed by atoms with Gasteiger partial charge in [-0.25, -0.2) is 0 Å². The Labute approximate surface area is 101 Å². The van der Waals surface area contributed by atoms with Gasteiger partial charge in [-0.05, 0) is 33.0 Å². The van der Waals surface area contributed by atoms with E-state index in [1.807, 2.05) is 32.0 Å². The Bertz CT molecular complexity index is 512. The van der Waals surface area contributed by atoms with Crippen molar-refractivity contribution in [2.45, 2.75) is 26.4 Å². The molecule has 5 nitrogen and oxygen atoms in total. The minimum absolute atomic E-state index is 0.0862. The molecule has 1 aromatic heterocycles. The molecule has 0 radical (unpaired) electrons. The molecule has 0 bridgehead atoms. The molecule has 1 rings (SSSR count). The number of nitrogens with zero attached hydrogens (tertiary/aromatic N) is 3. The van der Waals surface area contributed by atoms with Crippen LogP contribution in [0.3, 0.4) is 0 Å². The number of rotatable bonds is 3. The van der Waals surface area contributed by atoms with Crippen LogP contribution in [0.15, 0.2) is 10.9 Å². The van der Waals surface area contributed by atoms with Crippen LogP contribution in [-0.2, 0) is 0 Å². The molecule has 0 aliphatic heterocycles. The van der Waals surface area contributed by atoms with E-state index in [0.717, 1.165) is 0 Å². The molecule has 0 fully saturated rings. The van der Waals surface area contributed by atoms with Crippen LogP contribution in [0, 0.1) is 18.3 Å². The first kappa shape index (κ1) is 13.3. The summed E-state index contributed by atoms with van der Waals surface area (Å²) >= 11 is 0. The number of aromatic hydroxyl groups is 1. The van der Waals surface area contributed by atoms with Crippen molar-refractivity contribution < 1.29 is 5.11 Å². The number of hydrogen-bond donors (Lipinski definition) is 1. The van der Waals surface area contributed by atoms with Crippen molar-refractivity contribution in [3.8, 4) is 11.9 Å². The highest BCUT2D eigenvalue weighted by Gasteiger charge is 2.19. The number of aryl methyl sites for hydroxylation is 1. The van der Waals surface area contributed by atoms with E-state index >= 15 is 0 Å². The lowest BCUT2D eigenvalue weighted by atomic mass is 10.1. The van der Waals surface area contributed by atoms with Crippen LogP contribution >= 0.6 is 0 Å². The van der Waals surface area contributed by atoms with Gasteiger partial charge in [0.15, 0.2) is 5.88 Å². The summed E-state index contributed by atoms with van der Waals surface area (Å²) in [6, 6.07) is 3.34. The van der Waals surface area contributed by atoms with Gasteiger partial charge in [0.05, 0.1) is 6.17 Å². The fourth-order valence-electron chi connectivity index (χ4n) is 1.93. The van der Waals surface area contributed by atoms with Gasteiger partial charge in [0, 0.05) is 6.07 Å². The minimum Gasteiger partial charge on any atom is -0.494 e. The van der Waals surface area contributed by atoms with E-state index in [0.29, 0.717) is 12.0 Å². The summed E-state index contributed by atoms with van der Waals surface area (Å²) in [7, 11) is 3.65. The monoisotopic (exact) mass is 235 g/mol. The number of pyridine rings is 1. The maximum absolute atomic E-state index is 12.1. The van der Waals surface area contributed by atoms with E-state index in [1.165, 1.54) is 10.6 Å². The number of nitriles is 1. The summed E-state index contributed by atoms with van der Waals surface area (Å²) in [6.07, 6.45) is 0.407. The third-order valence-electron chi connectivity index (χ3n) is 2.79. The van der Waals surface area contributed by atoms with Gasteiger partial charge in [-0.3, -0.25) is 14.3 Å². The molecule has 1 atom stereocenters. The summed E-state index contributed by atoms with van der Waals surface area (Å²) in [5.41, 5.74) is 0.147. The molecule has 0 aromatic carbocycles. The Morgan fingerprint density at radius 3 is 2.59 bits per heavy atom. The van der Waals surface area contributed by atoms with Crippen LogP contribution in [0.4, 0.5) is 0 Å². The van der Waals surface area contributed by atoms with Crippen LogP contribution in [0.5, 0.6) is 5.88 Å². The Morgan fingerprint density at radius 2 is 2.18 bits per heavy atom. The second kappa shape index (κ2) is 5.02. The van der Waals surface area contributed by atoms with Crippen LogP contribution in [0.25, 0.3) is 0 Å². The molecule has 1 aromatic rings. The maximum Gasteiger partial charge on any atom is 0.272 e. The fraction of sp³-hybridized carbons (Fsp3) is 0.500. The molecule has 0 aliphatic carbocycles. The third-order valence-corrected chi connectivity index (χ3v) is 2.79. The van der Waals surface area contributed by atoms with Gasteiger partial charge in [-0.1, -0.05) is 6.92 Å². The summed E-state index contributed by atoms with van der Waals surface area (Å²) < 4.78 is 1.26. The molecule has 1 N–H and O–H groups in total. The Morgan fingerprint density at radius 1 is 1.59 bits per heavy atom. The summed E-state index contributed by atoms with van der Waals surface area (Å²) in [4.78, 5) is 13.9. The molecule has 1 heterocycles. The summed E-state index contributed by atoms with van der Waals surface area (Å²) in [6.45, 7) is 3.56. The van der Waals surface area contributed by atoms with E-state index in [4.69, 9.17) is 5.26 Å².